The first-order chi connectivity index (χ1) is 16.0. The number of methoxy groups -OCH3 is 1. The first kappa shape index (κ1) is 25.2. The summed E-state index contributed by atoms with van der Waals surface area (Å²) in [6.07, 6.45) is -0.0654. The molecule has 0 bridgehead atoms. The Morgan fingerprint density at radius 3 is 2.53 bits per heavy atom. The minimum Gasteiger partial charge on any atom is -0.467 e. The van der Waals surface area contributed by atoms with Gasteiger partial charge in [0, 0.05) is 24.7 Å². The minimum absolute atomic E-state index is 0.147. The highest BCUT2D eigenvalue weighted by Crippen LogP contribution is 2.32. The topological polar surface area (TPSA) is 132 Å². The predicted molar refractivity (Wildman–Crippen MR) is 122 cm³/mol. The number of esters is 1. The van der Waals surface area contributed by atoms with Gasteiger partial charge in [-0.2, -0.15) is 5.06 Å². The average Bonchev–Trinajstić information content (AvgIpc) is 3.16. The van der Waals surface area contributed by atoms with Gasteiger partial charge in [0.15, 0.2) is 6.23 Å². The number of carbonyl (C=O) groups is 2. The zero-order chi connectivity index (χ0) is 25.0. The van der Waals surface area contributed by atoms with Crippen LogP contribution in [0.3, 0.4) is 0 Å². The molecule has 184 valence electrons. The lowest BCUT2D eigenvalue weighted by molar-refractivity contribution is -0.196. The smallest absolute Gasteiger partial charge is 0.408 e. The van der Waals surface area contributed by atoms with Crippen molar-refractivity contribution in [2.24, 2.45) is 0 Å². The molecule has 1 aromatic heterocycles. The van der Waals surface area contributed by atoms with E-state index in [1.54, 1.807) is 27.7 Å². The van der Waals surface area contributed by atoms with Crippen LogP contribution in [0.4, 0.5) is 4.79 Å². The number of nitrogens with one attached hydrogen (secondary N) is 2. The molecule has 0 spiro atoms. The number of aromatic nitrogens is 2. The van der Waals surface area contributed by atoms with Gasteiger partial charge in [0.05, 0.1) is 13.2 Å². The van der Waals surface area contributed by atoms with E-state index in [0.29, 0.717) is 5.56 Å². The van der Waals surface area contributed by atoms with Crippen LogP contribution in [0.15, 0.2) is 46.1 Å². The molecule has 34 heavy (non-hydrogen) atoms. The van der Waals surface area contributed by atoms with E-state index in [4.69, 9.17) is 14.3 Å². The van der Waals surface area contributed by atoms with Gasteiger partial charge in [-0.3, -0.25) is 19.2 Å². The van der Waals surface area contributed by atoms with E-state index in [1.807, 2.05) is 30.3 Å². The zero-order valence-electron chi connectivity index (χ0n) is 19.9. The molecule has 1 aliphatic heterocycles. The molecule has 2 heterocycles. The van der Waals surface area contributed by atoms with Gasteiger partial charge >= 0.3 is 17.8 Å². The zero-order valence-corrected chi connectivity index (χ0v) is 19.9. The molecule has 1 amide bonds. The molecule has 3 rings (SSSR count). The van der Waals surface area contributed by atoms with Crippen molar-refractivity contribution >= 4 is 12.1 Å². The maximum absolute atomic E-state index is 12.7. The van der Waals surface area contributed by atoms with Crippen molar-refractivity contribution in [3.8, 4) is 0 Å². The van der Waals surface area contributed by atoms with Crippen molar-refractivity contribution in [1.29, 1.82) is 0 Å². The van der Waals surface area contributed by atoms with Gasteiger partial charge < -0.3 is 14.8 Å². The van der Waals surface area contributed by atoms with Crippen molar-refractivity contribution < 1.29 is 23.9 Å². The molecule has 2 aromatic rings. The lowest BCUT2D eigenvalue weighted by Gasteiger charge is -2.29. The standard InChI is InChI=1S/C23H30N4O7/c1-14-12-26(21(30)25-19(14)28)17-11-16(27(34-17)13-15-9-7-6-8-10-15)18(20(29)32-5)24-22(31)33-23(2,3)4/h6-10,12,16-18H,11,13H2,1-5H3,(H,24,31)(H,25,28,30)/t16-,17-,18+/m0/s1. The highest BCUT2D eigenvalue weighted by molar-refractivity contribution is 5.82. The molecule has 1 aliphatic rings. The Labute approximate surface area is 196 Å². The summed E-state index contributed by atoms with van der Waals surface area (Å²) in [5.41, 5.74) is -0.687. The molecular formula is C23H30N4O7. The maximum Gasteiger partial charge on any atom is 0.408 e. The number of aromatic amines is 1. The number of hydroxylamine groups is 2. The first-order valence-corrected chi connectivity index (χ1v) is 10.8. The van der Waals surface area contributed by atoms with Crippen molar-refractivity contribution in [2.75, 3.05) is 7.11 Å². The van der Waals surface area contributed by atoms with Crippen LogP contribution in [0.25, 0.3) is 0 Å². The van der Waals surface area contributed by atoms with Gasteiger partial charge in [-0.1, -0.05) is 30.3 Å². The molecule has 1 saturated heterocycles. The highest BCUT2D eigenvalue weighted by Gasteiger charge is 2.44. The summed E-state index contributed by atoms with van der Waals surface area (Å²) in [7, 11) is 1.22. The van der Waals surface area contributed by atoms with Crippen molar-refractivity contribution in [3.63, 3.8) is 0 Å². The summed E-state index contributed by atoms with van der Waals surface area (Å²) >= 11 is 0. The molecule has 11 heteroatoms. The molecule has 0 saturated carbocycles. The fourth-order valence-corrected chi connectivity index (χ4v) is 3.66. The van der Waals surface area contributed by atoms with Gasteiger partial charge in [-0.15, -0.1) is 0 Å². The van der Waals surface area contributed by atoms with Gasteiger partial charge in [-0.25, -0.2) is 14.4 Å². The minimum atomic E-state index is -1.15. The fraction of sp³-hybridized carbons (Fsp3) is 0.478. The summed E-state index contributed by atoms with van der Waals surface area (Å²) in [6.45, 7) is 6.97. The second-order valence-corrected chi connectivity index (χ2v) is 9.05. The lowest BCUT2D eigenvalue weighted by atomic mass is 10.0. The lowest BCUT2D eigenvalue weighted by Crippen LogP contribution is -2.54. The quantitative estimate of drug-likeness (QED) is 0.604. The van der Waals surface area contributed by atoms with E-state index in [-0.39, 0.29) is 13.0 Å². The monoisotopic (exact) mass is 474 g/mol. The number of H-pyrrole nitrogens is 1. The summed E-state index contributed by atoms with van der Waals surface area (Å²) in [5, 5.41) is 4.12. The third-order valence-corrected chi connectivity index (χ3v) is 5.22. The average molecular weight is 475 g/mol. The Hall–Kier alpha value is -3.44. The SMILES string of the molecule is COC(=O)[C@H](NC(=O)OC(C)(C)C)[C@@H]1C[C@@H](n2cc(C)c(=O)[nH]c2=O)ON1Cc1ccccc1. The number of aryl methyl sites for hydroxylation is 1. The number of rotatable bonds is 6. The highest BCUT2D eigenvalue weighted by atomic mass is 16.7. The molecular weight excluding hydrogens is 444 g/mol. The Morgan fingerprint density at radius 1 is 1.24 bits per heavy atom. The van der Waals surface area contributed by atoms with Crippen LogP contribution in [0, 0.1) is 6.92 Å². The van der Waals surface area contributed by atoms with Crippen molar-refractivity contribution in [3.05, 3.63) is 68.5 Å². The predicted octanol–water partition coefficient (Wildman–Crippen LogP) is 1.62. The normalized spacial score (nSPS) is 19.4. The third kappa shape index (κ3) is 6.12. The van der Waals surface area contributed by atoms with Crippen LogP contribution in [0.1, 0.15) is 44.5 Å². The molecule has 3 atom stereocenters. The van der Waals surface area contributed by atoms with E-state index in [9.17, 15) is 19.2 Å². The Balaban J connectivity index is 1.95. The van der Waals surface area contributed by atoms with Gasteiger partial charge in [0.1, 0.15) is 11.6 Å². The summed E-state index contributed by atoms with van der Waals surface area (Å²) < 4.78 is 11.5. The van der Waals surface area contributed by atoms with Crippen LogP contribution in [-0.4, -0.2) is 51.5 Å². The molecule has 11 nitrogen and oxygen atoms in total. The molecule has 1 fully saturated rings. The third-order valence-electron chi connectivity index (χ3n) is 5.22. The van der Waals surface area contributed by atoms with E-state index in [2.05, 4.69) is 10.3 Å². The number of amides is 1. The molecule has 0 aliphatic carbocycles. The van der Waals surface area contributed by atoms with Crippen LogP contribution in [0.2, 0.25) is 0 Å². The van der Waals surface area contributed by atoms with E-state index < -0.39 is 47.2 Å². The van der Waals surface area contributed by atoms with E-state index >= 15 is 0 Å². The molecule has 0 unspecified atom stereocenters. The fourth-order valence-electron chi connectivity index (χ4n) is 3.66. The van der Waals surface area contributed by atoms with E-state index in [0.717, 1.165) is 5.56 Å². The number of nitrogens with zero attached hydrogens (tertiary/aromatic N) is 2. The largest absolute Gasteiger partial charge is 0.467 e. The van der Waals surface area contributed by atoms with Crippen molar-refractivity contribution in [1.82, 2.24) is 19.9 Å². The Bertz CT molecular complexity index is 1140. The molecule has 0 radical (unpaired) electrons. The number of benzene rings is 1. The van der Waals surface area contributed by atoms with Gasteiger partial charge in [0.25, 0.3) is 5.56 Å². The van der Waals surface area contributed by atoms with Crippen LogP contribution >= 0.6 is 0 Å². The maximum atomic E-state index is 12.7. The van der Waals surface area contributed by atoms with Crippen LogP contribution in [0.5, 0.6) is 0 Å². The summed E-state index contributed by atoms with van der Waals surface area (Å²) in [6, 6.07) is 7.53. The second-order valence-electron chi connectivity index (χ2n) is 9.05. The molecule has 2 N–H and O–H groups in total. The summed E-state index contributed by atoms with van der Waals surface area (Å²) in [5.74, 6) is -0.692. The number of hydrogen-bond donors (Lipinski definition) is 2. The number of ether oxygens (including phenoxy) is 2. The number of alkyl carbamates (subject to hydrolysis) is 1. The number of carbonyl (C=O) groups excluding carboxylic acids is 2. The molecule has 1 aromatic carbocycles. The first-order valence-electron chi connectivity index (χ1n) is 10.8. The van der Waals surface area contributed by atoms with Gasteiger partial charge in [-0.05, 0) is 33.3 Å². The number of hydrogen-bond acceptors (Lipinski definition) is 8. The Morgan fingerprint density at radius 2 is 1.91 bits per heavy atom. The van der Waals surface area contributed by atoms with Gasteiger partial charge in [0.2, 0.25) is 0 Å². The van der Waals surface area contributed by atoms with E-state index in [1.165, 1.54) is 22.9 Å². The van der Waals surface area contributed by atoms with Crippen molar-refractivity contribution in [2.45, 2.75) is 64.6 Å². The summed E-state index contributed by atoms with van der Waals surface area (Å²) in [4.78, 5) is 57.8. The van der Waals surface area contributed by atoms with Crippen LogP contribution < -0.4 is 16.6 Å². The Kier molecular flexibility index (Phi) is 7.57. The van der Waals surface area contributed by atoms with Crippen LogP contribution in [-0.2, 0) is 25.7 Å². The second kappa shape index (κ2) is 10.2.